The van der Waals surface area contributed by atoms with Crippen molar-refractivity contribution in [2.45, 2.75) is 6.42 Å². The molecule has 1 amide bonds. The summed E-state index contributed by atoms with van der Waals surface area (Å²) in [6.45, 7) is 0.295. The van der Waals surface area contributed by atoms with E-state index in [4.69, 9.17) is 21.6 Å². The highest BCUT2D eigenvalue weighted by Gasteiger charge is 2.10. The van der Waals surface area contributed by atoms with Gasteiger partial charge in [-0.1, -0.05) is 27.5 Å². The zero-order valence-corrected chi connectivity index (χ0v) is 12.2. The van der Waals surface area contributed by atoms with Gasteiger partial charge < -0.3 is 9.64 Å². The van der Waals surface area contributed by atoms with E-state index >= 15 is 0 Å². The van der Waals surface area contributed by atoms with Gasteiger partial charge in [-0.2, -0.15) is 5.26 Å². The quantitative estimate of drug-likeness (QED) is 0.833. The standard InChI is InChI=1S/C12H12BrClN2O2/c1-16(6-2-5-15)12(17)8-18-11-7-9(13)3-4-10(11)14/h3-4,7H,2,6,8H2,1H3. The van der Waals surface area contributed by atoms with E-state index in [1.165, 1.54) is 4.90 Å². The maximum atomic E-state index is 11.7. The summed E-state index contributed by atoms with van der Waals surface area (Å²) in [5, 5.41) is 8.88. The maximum Gasteiger partial charge on any atom is 0.260 e. The fraction of sp³-hybridized carbons (Fsp3) is 0.333. The van der Waals surface area contributed by atoms with Gasteiger partial charge in [-0.3, -0.25) is 4.79 Å². The third kappa shape index (κ3) is 4.55. The average Bonchev–Trinajstić information content (AvgIpc) is 2.36. The van der Waals surface area contributed by atoms with Gasteiger partial charge in [0.2, 0.25) is 0 Å². The Kier molecular flexibility index (Phi) is 5.96. The summed E-state index contributed by atoms with van der Waals surface area (Å²) in [5.41, 5.74) is 0. The molecule has 0 radical (unpaired) electrons. The highest BCUT2D eigenvalue weighted by atomic mass is 79.9. The molecule has 0 saturated carbocycles. The lowest BCUT2D eigenvalue weighted by Crippen LogP contribution is -2.32. The first-order valence-electron chi connectivity index (χ1n) is 5.23. The van der Waals surface area contributed by atoms with Gasteiger partial charge in [-0.15, -0.1) is 0 Å². The molecule has 6 heteroatoms. The molecule has 0 atom stereocenters. The summed E-state index contributed by atoms with van der Waals surface area (Å²) in [6.07, 6.45) is 0.305. The molecule has 18 heavy (non-hydrogen) atoms. The molecule has 0 spiro atoms. The minimum atomic E-state index is -0.193. The van der Waals surface area contributed by atoms with E-state index in [0.29, 0.717) is 23.7 Å². The van der Waals surface area contributed by atoms with Crippen molar-refractivity contribution in [3.8, 4) is 11.8 Å². The topological polar surface area (TPSA) is 53.3 Å². The minimum Gasteiger partial charge on any atom is -0.482 e. The third-order valence-electron chi connectivity index (χ3n) is 2.23. The number of nitrogens with zero attached hydrogens (tertiary/aromatic N) is 2. The fourth-order valence-corrected chi connectivity index (χ4v) is 1.69. The Balaban J connectivity index is 2.52. The molecule has 0 aromatic heterocycles. The van der Waals surface area contributed by atoms with Crippen LogP contribution >= 0.6 is 27.5 Å². The lowest BCUT2D eigenvalue weighted by molar-refractivity contribution is -0.131. The highest BCUT2D eigenvalue weighted by Crippen LogP contribution is 2.27. The number of hydrogen-bond acceptors (Lipinski definition) is 3. The van der Waals surface area contributed by atoms with Gasteiger partial charge in [0, 0.05) is 18.1 Å². The molecule has 4 nitrogen and oxygen atoms in total. The number of carbonyl (C=O) groups is 1. The maximum absolute atomic E-state index is 11.7. The van der Waals surface area contributed by atoms with Crippen molar-refractivity contribution in [3.63, 3.8) is 0 Å². The van der Waals surface area contributed by atoms with Crippen LogP contribution in [0.3, 0.4) is 0 Å². The second-order valence-corrected chi connectivity index (χ2v) is 4.91. The molecule has 1 rings (SSSR count). The first kappa shape index (κ1) is 14.8. The molecule has 0 fully saturated rings. The van der Waals surface area contributed by atoms with Crippen LogP contribution < -0.4 is 4.74 Å². The van der Waals surface area contributed by atoms with E-state index in [0.717, 1.165) is 4.47 Å². The van der Waals surface area contributed by atoms with Crippen LogP contribution in [0.2, 0.25) is 5.02 Å². The van der Waals surface area contributed by atoms with E-state index in [1.54, 1.807) is 25.2 Å². The lowest BCUT2D eigenvalue weighted by Gasteiger charge is -2.16. The van der Waals surface area contributed by atoms with Crippen LogP contribution in [0.4, 0.5) is 0 Å². The van der Waals surface area contributed by atoms with Crippen molar-refractivity contribution in [1.82, 2.24) is 4.90 Å². The van der Waals surface area contributed by atoms with Crippen molar-refractivity contribution in [1.29, 1.82) is 5.26 Å². The van der Waals surface area contributed by atoms with Crippen LogP contribution in [0.15, 0.2) is 22.7 Å². The molecule has 0 aliphatic carbocycles. The summed E-state index contributed by atoms with van der Waals surface area (Å²) < 4.78 is 6.17. The van der Waals surface area contributed by atoms with Crippen LogP contribution in [0, 0.1) is 11.3 Å². The van der Waals surface area contributed by atoms with Crippen molar-refractivity contribution in [2.75, 3.05) is 20.2 Å². The number of amides is 1. The molecule has 0 heterocycles. The summed E-state index contributed by atoms with van der Waals surface area (Å²) in [5.74, 6) is 0.259. The molecule has 0 N–H and O–H groups in total. The van der Waals surface area contributed by atoms with Gasteiger partial charge in [0.25, 0.3) is 5.91 Å². The van der Waals surface area contributed by atoms with Crippen molar-refractivity contribution in [2.24, 2.45) is 0 Å². The summed E-state index contributed by atoms with van der Waals surface area (Å²) in [7, 11) is 1.63. The Morgan fingerprint density at radius 1 is 1.61 bits per heavy atom. The molecule has 96 valence electrons. The monoisotopic (exact) mass is 330 g/mol. The number of rotatable bonds is 5. The lowest BCUT2D eigenvalue weighted by atomic mass is 10.3. The molecule has 1 aromatic rings. The Hall–Kier alpha value is -1.25. The average molecular weight is 332 g/mol. The Labute approximate surface area is 119 Å². The van der Waals surface area contributed by atoms with Crippen LogP contribution in [0.5, 0.6) is 5.75 Å². The molecule has 0 aliphatic heterocycles. The fourth-order valence-electron chi connectivity index (χ4n) is 1.18. The Bertz CT molecular complexity index is 474. The van der Waals surface area contributed by atoms with Crippen LogP contribution in [-0.4, -0.2) is 31.0 Å². The van der Waals surface area contributed by atoms with Crippen molar-refractivity contribution >= 4 is 33.4 Å². The zero-order valence-electron chi connectivity index (χ0n) is 9.82. The number of hydrogen-bond donors (Lipinski definition) is 0. The van der Waals surface area contributed by atoms with Crippen molar-refractivity contribution in [3.05, 3.63) is 27.7 Å². The number of likely N-dealkylation sites (N-methyl/N-ethyl adjacent to an activating group) is 1. The van der Waals surface area contributed by atoms with E-state index in [-0.39, 0.29) is 12.5 Å². The second-order valence-electron chi connectivity index (χ2n) is 3.59. The van der Waals surface area contributed by atoms with Crippen LogP contribution in [0.1, 0.15) is 6.42 Å². The number of nitriles is 1. The molecule has 0 bridgehead atoms. The number of carbonyl (C=O) groups excluding carboxylic acids is 1. The zero-order chi connectivity index (χ0) is 13.5. The molecule has 1 aromatic carbocycles. The van der Waals surface area contributed by atoms with Gasteiger partial charge in [0.1, 0.15) is 5.75 Å². The van der Waals surface area contributed by atoms with E-state index in [1.807, 2.05) is 6.07 Å². The third-order valence-corrected chi connectivity index (χ3v) is 3.03. The van der Waals surface area contributed by atoms with E-state index in [9.17, 15) is 4.79 Å². The Morgan fingerprint density at radius 3 is 3.00 bits per heavy atom. The van der Waals surface area contributed by atoms with Gasteiger partial charge >= 0.3 is 0 Å². The van der Waals surface area contributed by atoms with Crippen LogP contribution in [-0.2, 0) is 4.79 Å². The van der Waals surface area contributed by atoms with Gasteiger partial charge in [-0.25, -0.2) is 0 Å². The summed E-state index contributed by atoms with van der Waals surface area (Å²) in [6, 6.07) is 7.15. The summed E-state index contributed by atoms with van der Waals surface area (Å²) in [4.78, 5) is 13.1. The predicted octanol–water partition coefficient (Wildman–Crippen LogP) is 2.85. The number of benzene rings is 1. The summed E-state index contributed by atoms with van der Waals surface area (Å²) >= 11 is 9.23. The van der Waals surface area contributed by atoms with E-state index < -0.39 is 0 Å². The van der Waals surface area contributed by atoms with Crippen LogP contribution in [0.25, 0.3) is 0 Å². The number of halogens is 2. The predicted molar refractivity (Wildman–Crippen MR) is 72.5 cm³/mol. The Morgan fingerprint density at radius 2 is 2.33 bits per heavy atom. The van der Waals surface area contributed by atoms with Gasteiger partial charge in [0.05, 0.1) is 17.5 Å². The molecule has 0 unspecified atom stereocenters. The molecular weight excluding hydrogens is 320 g/mol. The van der Waals surface area contributed by atoms with Crippen molar-refractivity contribution < 1.29 is 9.53 Å². The van der Waals surface area contributed by atoms with Gasteiger partial charge in [-0.05, 0) is 18.2 Å². The van der Waals surface area contributed by atoms with E-state index in [2.05, 4.69) is 15.9 Å². The largest absolute Gasteiger partial charge is 0.482 e. The molecule has 0 saturated heterocycles. The first-order chi connectivity index (χ1) is 8.54. The SMILES string of the molecule is CN(CCC#N)C(=O)COc1cc(Br)ccc1Cl. The molecular formula is C12H12BrClN2O2. The minimum absolute atomic E-state index is 0.0991. The second kappa shape index (κ2) is 7.24. The normalized spacial score (nSPS) is 9.67. The smallest absolute Gasteiger partial charge is 0.260 e. The van der Waals surface area contributed by atoms with Gasteiger partial charge in [0.15, 0.2) is 6.61 Å². The molecule has 0 aliphatic rings. The highest BCUT2D eigenvalue weighted by molar-refractivity contribution is 9.10. The number of ether oxygens (including phenoxy) is 1. The first-order valence-corrected chi connectivity index (χ1v) is 6.40.